The third kappa shape index (κ3) is 4.83. The summed E-state index contributed by atoms with van der Waals surface area (Å²) in [5.41, 5.74) is 4.97. The maximum absolute atomic E-state index is 12.0. The van der Waals surface area contributed by atoms with Crippen LogP contribution in [-0.4, -0.2) is 57.9 Å². The molecule has 0 aromatic rings. The summed E-state index contributed by atoms with van der Waals surface area (Å²) in [6.07, 6.45) is -0.404. The van der Waals surface area contributed by atoms with Gasteiger partial charge in [0.05, 0.1) is 17.7 Å². The van der Waals surface area contributed by atoms with Crippen molar-refractivity contribution in [1.29, 1.82) is 0 Å². The van der Waals surface area contributed by atoms with Crippen LogP contribution < -0.4 is 11.1 Å². The number of hydrogen-bond donors (Lipinski definition) is 2. The number of nitrogens with one attached hydrogen (secondary N) is 1. The Bertz CT molecular complexity index is 508. The SMILES string of the molecule is CCN1C(=O)CC(SC[C@H](NC(C)=O)C(=O)CC(N)=O)C1=O. The molecule has 0 aromatic heterocycles. The summed E-state index contributed by atoms with van der Waals surface area (Å²) in [5.74, 6) is -2.15. The smallest absolute Gasteiger partial charge is 0.242 e. The van der Waals surface area contributed by atoms with Gasteiger partial charge in [0.2, 0.25) is 23.6 Å². The molecule has 1 aliphatic heterocycles. The molecule has 0 bridgehead atoms. The van der Waals surface area contributed by atoms with Gasteiger partial charge in [0.1, 0.15) is 0 Å². The zero-order valence-electron chi connectivity index (χ0n) is 12.5. The van der Waals surface area contributed by atoms with Gasteiger partial charge in [-0.15, -0.1) is 11.8 Å². The van der Waals surface area contributed by atoms with Crippen LogP contribution in [0, 0.1) is 0 Å². The van der Waals surface area contributed by atoms with Crippen LogP contribution in [0.4, 0.5) is 0 Å². The molecule has 1 saturated heterocycles. The van der Waals surface area contributed by atoms with Gasteiger partial charge >= 0.3 is 0 Å². The highest BCUT2D eigenvalue weighted by molar-refractivity contribution is 8.00. The first-order chi connectivity index (χ1) is 10.3. The lowest BCUT2D eigenvalue weighted by atomic mass is 10.1. The van der Waals surface area contributed by atoms with Crippen LogP contribution in [0.5, 0.6) is 0 Å². The maximum atomic E-state index is 12.0. The van der Waals surface area contributed by atoms with Crippen LogP contribution in [0.3, 0.4) is 0 Å². The first kappa shape index (κ1) is 18.1. The Balaban J connectivity index is 2.65. The highest BCUT2D eigenvalue weighted by Gasteiger charge is 2.38. The van der Waals surface area contributed by atoms with E-state index >= 15 is 0 Å². The number of Topliss-reactive ketones (excluding diaryl/α,β-unsaturated/α-hetero) is 1. The summed E-state index contributed by atoms with van der Waals surface area (Å²) in [6, 6.07) is -0.909. The molecule has 2 atom stereocenters. The minimum Gasteiger partial charge on any atom is -0.369 e. The van der Waals surface area contributed by atoms with E-state index in [0.29, 0.717) is 6.54 Å². The Hall–Kier alpha value is -1.90. The van der Waals surface area contributed by atoms with Crippen molar-refractivity contribution in [3.8, 4) is 0 Å². The number of carbonyl (C=O) groups is 5. The second kappa shape index (κ2) is 7.92. The number of likely N-dealkylation sites (tertiary alicyclic amines) is 1. The van der Waals surface area contributed by atoms with Gasteiger partial charge in [0, 0.05) is 25.6 Å². The number of imide groups is 1. The normalized spacial score (nSPS) is 19.2. The third-order valence-corrected chi connectivity index (χ3v) is 4.39. The van der Waals surface area contributed by atoms with E-state index in [1.54, 1.807) is 6.92 Å². The Kier molecular flexibility index (Phi) is 6.54. The highest BCUT2D eigenvalue weighted by atomic mass is 32.2. The Labute approximate surface area is 132 Å². The predicted octanol–water partition coefficient (Wildman–Crippen LogP) is -1.18. The van der Waals surface area contributed by atoms with Gasteiger partial charge in [-0.25, -0.2) is 0 Å². The van der Waals surface area contributed by atoms with Gasteiger partial charge in [0.15, 0.2) is 5.78 Å². The molecule has 9 heteroatoms. The number of nitrogens with two attached hydrogens (primary N) is 1. The number of nitrogens with zero attached hydrogens (tertiary/aromatic N) is 1. The van der Waals surface area contributed by atoms with Gasteiger partial charge in [0.25, 0.3) is 0 Å². The van der Waals surface area contributed by atoms with E-state index in [-0.39, 0.29) is 24.0 Å². The molecule has 0 radical (unpaired) electrons. The molecule has 1 unspecified atom stereocenters. The molecule has 4 amide bonds. The summed E-state index contributed by atoms with van der Waals surface area (Å²) in [6.45, 7) is 3.27. The molecule has 0 aromatic carbocycles. The Morgan fingerprint density at radius 3 is 2.50 bits per heavy atom. The molecule has 0 aliphatic carbocycles. The molecule has 22 heavy (non-hydrogen) atoms. The van der Waals surface area contributed by atoms with Crippen molar-refractivity contribution in [1.82, 2.24) is 10.2 Å². The fraction of sp³-hybridized carbons (Fsp3) is 0.615. The predicted molar refractivity (Wildman–Crippen MR) is 79.7 cm³/mol. The molecule has 122 valence electrons. The second-order valence-electron chi connectivity index (χ2n) is 4.86. The van der Waals surface area contributed by atoms with Gasteiger partial charge in [-0.05, 0) is 6.92 Å². The minimum absolute atomic E-state index is 0.0775. The van der Waals surface area contributed by atoms with E-state index in [1.807, 2.05) is 0 Å². The molecule has 1 heterocycles. The number of hydrogen-bond acceptors (Lipinski definition) is 6. The molecule has 3 N–H and O–H groups in total. The van der Waals surface area contributed by atoms with E-state index in [2.05, 4.69) is 5.32 Å². The molecule has 0 spiro atoms. The molecule has 1 fully saturated rings. The lowest BCUT2D eigenvalue weighted by Crippen LogP contribution is -2.43. The van der Waals surface area contributed by atoms with Crippen molar-refractivity contribution < 1.29 is 24.0 Å². The summed E-state index contributed by atoms with van der Waals surface area (Å²) in [7, 11) is 0. The Morgan fingerprint density at radius 1 is 1.41 bits per heavy atom. The molecule has 0 saturated carbocycles. The summed E-state index contributed by atoms with van der Waals surface area (Å²) >= 11 is 1.12. The van der Waals surface area contributed by atoms with Crippen molar-refractivity contribution in [2.45, 2.75) is 38.0 Å². The topological polar surface area (TPSA) is 127 Å². The van der Waals surface area contributed by atoms with Crippen LogP contribution >= 0.6 is 11.8 Å². The van der Waals surface area contributed by atoms with Gasteiger partial charge in [-0.1, -0.05) is 0 Å². The van der Waals surface area contributed by atoms with E-state index < -0.39 is 35.3 Å². The molecular weight excluding hydrogens is 310 g/mol. The van der Waals surface area contributed by atoms with E-state index in [0.717, 1.165) is 16.7 Å². The molecule has 1 rings (SSSR count). The lowest BCUT2D eigenvalue weighted by Gasteiger charge is -2.17. The van der Waals surface area contributed by atoms with E-state index in [1.165, 1.54) is 6.92 Å². The number of ketones is 1. The van der Waals surface area contributed by atoms with Gasteiger partial charge in [-0.3, -0.25) is 28.9 Å². The largest absolute Gasteiger partial charge is 0.369 e. The molecular formula is C13H19N3O5S. The fourth-order valence-corrected chi connectivity index (χ4v) is 3.31. The molecule has 1 aliphatic rings. The monoisotopic (exact) mass is 329 g/mol. The molecule has 8 nitrogen and oxygen atoms in total. The Morgan fingerprint density at radius 2 is 2.05 bits per heavy atom. The summed E-state index contributed by atoms with van der Waals surface area (Å²) < 4.78 is 0. The second-order valence-corrected chi connectivity index (χ2v) is 6.10. The summed E-state index contributed by atoms with van der Waals surface area (Å²) in [4.78, 5) is 58.6. The van der Waals surface area contributed by atoms with Gasteiger partial charge < -0.3 is 11.1 Å². The van der Waals surface area contributed by atoms with Crippen LogP contribution in [0.25, 0.3) is 0 Å². The van der Waals surface area contributed by atoms with Crippen molar-refractivity contribution in [3.05, 3.63) is 0 Å². The van der Waals surface area contributed by atoms with Crippen LogP contribution in [0.1, 0.15) is 26.7 Å². The average molecular weight is 329 g/mol. The quantitative estimate of drug-likeness (QED) is 0.426. The van der Waals surface area contributed by atoms with Crippen LogP contribution in [-0.2, 0) is 24.0 Å². The van der Waals surface area contributed by atoms with Crippen molar-refractivity contribution in [2.24, 2.45) is 5.73 Å². The van der Waals surface area contributed by atoms with Crippen molar-refractivity contribution in [2.75, 3.05) is 12.3 Å². The number of thioether (sulfide) groups is 1. The first-order valence-corrected chi connectivity index (χ1v) is 7.85. The van der Waals surface area contributed by atoms with Gasteiger partial charge in [-0.2, -0.15) is 0 Å². The minimum atomic E-state index is -0.909. The van der Waals surface area contributed by atoms with Crippen LogP contribution in [0.15, 0.2) is 0 Å². The zero-order valence-corrected chi connectivity index (χ0v) is 13.3. The number of primary amides is 1. The van der Waals surface area contributed by atoms with E-state index in [9.17, 15) is 24.0 Å². The first-order valence-electron chi connectivity index (χ1n) is 6.80. The van der Waals surface area contributed by atoms with E-state index in [4.69, 9.17) is 5.73 Å². The number of carbonyl (C=O) groups excluding carboxylic acids is 5. The third-order valence-electron chi connectivity index (χ3n) is 3.10. The number of amides is 4. The zero-order chi connectivity index (χ0) is 16.9. The number of rotatable bonds is 8. The highest BCUT2D eigenvalue weighted by Crippen LogP contribution is 2.25. The standard InChI is InChI=1S/C13H19N3O5S/c1-3-16-12(20)5-10(13(16)21)22-6-8(15-7(2)17)9(18)4-11(14)19/h8,10H,3-6H2,1-2H3,(H2,14,19)(H,15,17)/t8-,10?/m0/s1. The maximum Gasteiger partial charge on any atom is 0.242 e. The lowest BCUT2D eigenvalue weighted by molar-refractivity contribution is -0.138. The fourth-order valence-electron chi connectivity index (χ4n) is 2.08. The van der Waals surface area contributed by atoms with Crippen molar-refractivity contribution in [3.63, 3.8) is 0 Å². The summed E-state index contributed by atoms with van der Waals surface area (Å²) in [5, 5.41) is 1.87. The average Bonchev–Trinajstić information content (AvgIpc) is 2.67. The van der Waals surface area contributed by atoms with Crippen molar-refractivity contribution >= 4 is 41.2 Å². The van der Waals surface area contributed by atoms with Crippen LogP contribution in [0.2, 0.25) is 0 Å².